The lowest BCUT2D eigenvalue weighted by Crippen LogP contribution is -2.06. The third kappa shape index (κ3) is 4.24. The van der Waals surface area contributed by atoms with Crippen LogP contribution in [0.1, 0.15) is 38.8 Å². The molecule has 0 saturated heterocycles. The highest BCUT2D eigenvalue weighted by Crippen LogP contribution is 2.25. The van der Waals surface area contributed by atoms with Crippen molar-refractivity contribution in [3.63, 3.8) is 0 Å². The molecule has 0 radical (unpaired) electrons. The summed E-state index contributed by atoms with van der Waals surface area (Å²) in [6.45, 7) is 7.11. The van der Waals surface area contributed by atoms with Gasteiger partial charge in [-0.15, -0.1) is 0 Å². The number of aromatic nitrogens is 2. The molecule has 0 aliphatic carbocycles. The van der Waals surface area contributed by atoms with Crippen LogP contribution in [0.4, 0.5) is 10.2 Å². The lowest BCUT2D eigenvalue weighted by molar-refractivity contribution is 0.627. The van der Waals surface area contributed by atoms with E-state index in [1.165, 1.54) is 12.1 Å². The summed E-state index contributed by atoms with van der Waals surface area (Å²) in [5, 5.41) is 3.27. The van der Waals surface area contributed by atoms with E-state index >= 15 is 0 Å². The lowest BCUT2D eigenvalue weighted by Gasteiger charge is -2.12. The predicted molar refractivity (Wildman–Crippen MR) is 88.0 cm³/mol. The van der Waals surface area contributed by atoms with Crippen LogP contribution in [0, 0.1) is 5.82 Å². The van der Waals surface area contributed by atoms with E-state index in [1.54, 1.807) is 0 Å². The molecule has 5 heteroatoms. The molecule has 0 amide bonds. The van der Waals surface area contributed by atoms with E-state index in [0.717, 1.165) is 24.5 Å². The molecule has 21 heavy (non-hydrogen) atoms. The first-order chi connectivity index (χ1) is 9.99. The first-order valence-electron chi connectivity index (χ1n) is 7.09. The van der Waals surface area contributed by atoms with Gasteiger partial charge in [0.2, 0.25) is 0 Å². The molecule has 0 unspecified atom stereocenters. The van der Waals surface area contributed by atoms with E-state index < -0.39 is 0 Å². The highest BCUT2D eigenvalue weighted by atomic mass is 79.9. The number of hydrogen-bond donors (Lipinski definition) is 1. The molecule has 0 bridgehead atoms. The molecule has 112 valence electrons. The van der Waals surface area contributed by atoms with Gasteiger partial charge in [-0.1, -0.05) is 36.7 Å². The Bertz CT molecular complexity index is 609. The van der Waals surface area contributed by atoms with Crippen LogP contribution in [0.5, 0.6) is 0 Å². The fourth-order valence-corrected chi connectivity index (χ4v) is 2.38. The van der Waals surface area contributed by atoms with Crippen molar-refractivity contribution in [3.05, 3.63) is 40.2 Å². The van der Waals surface area contributed by atoms with Crippen LogP contribution in [-0.4, -0.2) is 16.5 Å². The average molecular weight is 352 g/mol. The molecule has 0 atom stereocenters. The van der Waals surface area contributed by atoms with Crippen LogP contribution in [0.3, 0.4) is 0 Å². The maximum absolute atomic E-state index is 13.6. The zero-order valence-electron chi connectivity index (χ0n) is 12.5. The standard InChI is InChI=1S/C16H19BrFN3/c1-4-5-19-15-9-14(10(2)3)20-16(21-15)11-6-12(17)8-13(18)7-11/h6-10H,4-5H2,1-3H3,(H,19,20,21). The molecule has 0 spiro atoms. The van der Waals surface area contributed by atoms with E-state index in [4.69, 9.17) is 0 Å². The maximum atomic E-state index is 13.6. The summed E-state index contributed by atoms with van der Waals surface area (Å²) in [5.41, 5.74) is 1.61. The molecule has 1 heterocycles. The number of nitrogens with zero attached hydrogens (tertiary/aromatic N) is 2. The second-order valence-corrected chi connectivity index (χ2v) is 6.16. The third-order valence-corrected chi connectivity index (χ3v) is 3.47. The normalized spacial score (nSPS) is 11.0. The van der Waals surface area contributed by atoms with Crippen LogP contribution >= 0.6 is 15.9 Å². The molecule has 0 fully saturated rings. The van der Waals surface area contributed by atoms with Crippen molar-refractivity contribution in [2.75, 3.05) is 11.9 Å². The van der Waals surface area contributed by atoms with E-state index in [0.29, 0.717) is 15.9 Å². The molecule has 0 aliphatic rings. The Morgan fingerprint density at radius 3 is 2.57 bits per heavy atom. The SMILES string of the molecule is CCCNc1cc(C(C)C)nc(-c2cc(F)cc(Br)c2)n1. The summed E-state index contributed by atoms with van der Waals surface area (Å²) >= 11 is 3.31. The third-order valence-electron chi connectivity index (χ3n) is 3.01. The van der Waals surface area contributed by atoms with Crippen LogP contribution < -0.4 is 5.32 Å². The van der Waals surface area contributed by atoms with Gasteiger partial charge in [-0.2, -0.15) is 0 Å². The predicted octanol–water partition coefficient (Wildman–Crippen LogP) is 4.99. The molecule has 0 aliphatic heterocycles. The Morgan fingerprint density at radius 2 is 1.95 bits per heavy atom. The van der Waals surface area contributed by atoms with E-state index in [-0.39, 0.29) is 11.7 Å². The van der Waals surface area contributed by atoms with Crippen LogP contribution in [-0.2, 0) is 0 Å². The minimum absolute atomic E-state index is 0.283. The Labute approximate surface area is 133 Å². The fourth-order valence-electron chi connectivity index (χ4n) is 1.92. The Kier molecular flexibility index (Phi) is 5.28. The molecule has 2 rings (SSSR count). The number of rotatable bonds is 5. The smallest absolute Gasteiger partial charge is 0.161 e. The van der Waals surface area contributed by atoms with Gasteiger partial charge in [-0.25, -0.2) is 14.4 Å². The van der Waals surface area contributed by atoms with E-state index in [9.17, 15) is 4.39 Å². The first kappa shape index (κ1) is 15.9. The molecule has 2 aromatic rings. The highest BCUT2D eigenvalue weighted by Gasteiger charge is 2.11. The monoisotopic (exact) mass is 351 g/mol. The van der Waals surface area contributed by atoms with Crippen molar-refractivity contribution in [2.45, 2.75) is 33.1 Å². The Balaban J connectivity index is 2.48. The van der Waals surface area contributed by atoms with Crippen molar-refractivity contribution in [1.82, 2.24) is 9.97 Å². The molecule has 0 saturated carbocycles. The number of anilines is 1. The van der Waals surface area contributed by atoms with Crippen molar-refractivity contribution < 1.29 is 4.39 Å². The van der Waals surface area contributed by atoms with Crippen molar-refractivity contribution >= 4 is 21.7 Å². The van der Waals surface area contributed by atoms with E-state index in [1.807, 2.05) is 12.1 Å². The van der Waals surface area contributed by atoms with Crippen molar-refractivity contribution in [2.24, 2.45) is 0 Å². The molecule has 1 N–H and O–H groups in total. The van der Waals surface area contributed by atoms with Gasteiger partial charge in [0.15, 0.2) is 5.82 Å². The van der Waals surface area contributed by atoms with Gasteiger partial charge in [0, 0.05) is 28.3 Å². The van der Waals surface area contributed by atoms with Gasteiger partial charge in [-0.3, -0.25) is 0 Å². The number of halogens is 2. The summed E-state index contributed by atoms with van der Waals surface area (Å²) in [4.78, 5) is 9.05. The Morgan fingerprint density at radius 1 is 1.19 bits per heavy atom. The minimum atomic E-state index is -0.305. The largest absolute Gasteiger partial charge is 0.370 e. The summed E-state index contributed by atoms with van der Waals surface area (Å²) in [7, 11) is 0. The summed E-state index contributed by atoms with van der Waals surface area (Å²) in [5.74, 6) is 1.30. The maximum Gasteiger partial charge on any atom is 0.161 e. The van der Waals surface area contributed by atoms with Gasteiger partial charge in [0.05, 0.1) is 0 Å². The Hall–Kier alpha value is -1.49. The molecule has 1 aromatic heterocycles. The van der Waals surface area contributed by atoms with Crippen LogP contribution in [0.2, 0.25) is 0 Å². The zero-order chi connectivity index (χ0) is 15.4. The molecular weight excluding hydrogens is 333 g/mol. The van der Waals surface area contributed by atoms with Crippen LogP contribution in [0.15, 0.2) is 28.7 Å². The second kappa shape index (κ2) is 6.98. The fraction of sp³-hybridized carbons (Fsp3) is 0.375. The van der Waals surface area contributed by atoms with Crippen LogP contribution in [0.25, 0.3) is 11.4 Å². The van der Waals surface area contributed by atoms with Crippen molar-refractivity contribution in [1.29, 1.82) is 0 Å². The number of hydrogen-bond acceptors (Lipinski definition) is 3. The minimum Gasteiger partial charge on any atom is -0.370 e. The topological polar surface area (TPSA) is 37.8 Å². The number of benzene rings is 1. The first-order valence-corrected chi connectivity index (χ1v) is 7.88. The highest BCUT2D eigenvalue weighted by molar-refractivity contribution is 9.10. The summed E-state index contributed by atoms with van der Waals surface area (Å²) < 4.78 is 14.3. The zero-order valence-corrected chi connectivity index (χ0v) is 14.0. The lowest BCUT2D eigenvalue weighted by atomic mass is 10.1. The van der Waals surface area contributed by atoms with Gasteiger partial charge in [0.25, 0.3) is 0 Å². The molecule has 1 aromatic carbocycles. The average Bonchev–Trinajstić information content (AvgIpc) is 2.43. The van der Waals surface area contributed by atoms with Gasteiger partial charge >= 0.3 is 0 Å². The van der Waals surface area contributed by atoms with Gasteiger partial charge < -0.3 is 5.32 Å². The molecule has 3 nitrogen and oxygen atoms in total. The summed E-state index contributed by atoms with van der Waals surface area (Å²) in [6, 6.07) is 6.66. The van der Waals surface area contributed by atoms with Gasteiger partial charge in [-0.05, 0) is 30.5 Å². The summed E-state index contributed by atoms with van der Waals surface area (Å²) in [6.07, 6.45) is 1.02. The van der Waals surface area contributed by atoms with Crippen molar-refractivity contribution in [3.8, 4) is 11.4 Å². The number of nitrogens with one attached hydrogen (secondary N) is 1. The van der Waals surface area contributed by atoms with Gasteiger partial charge in [0.1, 0.15) is 11.6 Å². The van der Waals surface area contributed by atoms with E-state index in [2.05, 4.69) is 52.0 Å². The molecular formula is C16H19BrFN3. The quantitative estimate of drug-likeness (QED) is 0.824. The second-order valence-electron chi connectivity index (χ2n) is 5.24.